The molecule has 0 bridgehead atoms. The number of hydrogen-bond donors (Lipinski definition) is 1. The molecular weight excluding hydrogens is 244 g/mol. The molecule has 0 spiro atoms. The Hall–Kier alpha value is -1.13. The van der Waals surface area contributed by atoms with Crippen LogP contribution in [0.4, 0.5) is 0 Å². The number of nitrogens with one attached hydrogen (secondary N) is 1. The summed E-state index contributed by atoms with van der Waals surface area (Å²) >= 11 is 7.32. The molecule has 0 unspecified atom stereocenters. The average molecular weight is 255 g/mol. The smallest absolute Gasteiger partial charge is 0.251 e. The van der Waals surface area contributed by atoms with Crippen LogP contribution in [-0.2, 0) is 6.42 Å². The Kier molecular flexibility index (Phi) is 3.41. The average Bonchev–Trinajstić information content (AvgIpc) is 2.64. The van der Waals surface area contributed by atoms with E-state index in [0.717, 1.165) is 23.4 Å². The molecule has 0 amide bonds. The summed E-state index contributed by atoms with van der Waals surface area (Å²) in [5.41, 5.74) is 0.712. The maximum absolute atomic E-state index is 11.4. The van der Waals surface area contributed by atoms with Gasteiger partial charge >= 0.3 is 0 Å². The van der Waals surface area contributed by atoms with Gasteiger partial charge in [0.05, 0.1) is 9.90 Å². The van der Waals surface area contributed by atoms with Crippen molar-refractivity contribution in [3.63, 3.8) is 0 Å². The molecule has 0 saturated heterocycles. The van der Waals surface area contributed by atoms with Crippen molar-refractivity contribution in [1.29, 1.82) is 0 Å². The van der Waals surface area contributed by atoms with Gasteiger partial charge in [-0.15, -0.1) is 11.3 Å². The van der Waals surface area contributed by atoms with Crippen LogP contribution in [0, 0.1) is 0 Å². The predicted molar refractivity (Wildman–Crippen MR) is 67.2 cm³/mol. The minimum atomic E-state index is -0.113. The maximum Gasteiger partial charge on any atom is 0.251 e. The molecule has 0 radical (unpaired) electrons. The van der Waals surface area contributed by atoms with E-state index in [9.17, 15) is 4.79 Å². The van der Waals surface area contributed by atoms with Crippen molar-refractivity contribution >= 4 is 22.9 Å². The lowest BCUT2D eigenvalue weighted by Gasteiger charge is -2.00. The standard InChI is InChI=1S/C11H11ClN2OS/c1-2-3-8-5-10(15)14-11(13-8)9-4-7(12)6-16-9/h4-6H,2-3H2,1H3,(H,13,14,15). The lowest BCUT2D eigenvalue weighted by atomic mass is 10.2. The van der Waals surface area contributed by atoms with E-state index in [1.165, 1.54) is 11.3 Å². The third-order valence-corrected chi connectivity index (χ3v) is 3.39. The zero-order valence-electron chi connectivity index (χ0n) is 8.79. The Bertz CT molecular complexity index is 547. The third kappa shape index (κ3) is 2.51. The summed E-state index contributed by atoms with van der Waals surface area (Å²) in [4.78, 5) is 19.5. The quantitative estimate of drug-likeness (QED) is 0.915. The molecule has 2 aromatic heterocycles. The maximum atomic E-state index is 11.4. The molecule has 0 aromatic carbocycles. The van der Waals surface area contributed by atoms with Crippen LogP contribution in [0.1, 0.15) is 19.0 Å². The van der Waals surface area contributed by atoms with Crippen LogP contribution in [0.25, 0.3) is 10.7 Å². The van der Waals surface area contributed by atoms with Gasteiger partial charge in [-0.2, -0.15) is 0 Å². The highest BCUT2D eigenvalue weighted by Gasteiger charge is 2.06. The molecule has 0 aliphatic heterocycles. The molecular formula is C11H11ClN2OS. The van der Waals surface area contributed by atoms with Crippen LogP contribution in [0.2, 0.25) is 5.02 Å². The van der Waals surface area contributed by atoms with Crippen LogP contribution < -0.4 is 5.56 Å². The van der Waals surface area contributed by atoms with Crippen molar-refractivity contribution in [1.82, 2.24) is 9.97 Å². The molecule has 16 heavy (non-hydrogen) atoms. The molecule has 0 aliphatic rings. The summed E-state index contributed by atoms with van der Waals surface area (Å²) < 4.78 is 0. The normalized spacial score (nSPS) is 10.6. The van der Waals surface area contributed by atoms with E-state index in [4.69, 9.17) is 11.6 Å². The van der Waals surface area contributed by atoms with Crippen LogP contribution in [0.5, 0.6) is 0 Å². The minimum absolute atomic E-state index is 0.113. The zero-order chi connectivity index (χ0) is 11.5. The summed E-state index contributed by atoms with van der Waals surface area (Å²) in [7, 11) is 0. The first-order valence-electron chi connectivity index (χ1n) is 5.03. The van der Waals surface area contributed by atoms with Gasteiger partial charge in [-0.25, -0.2) is 4.98 Å². The molecule has 5 heteroatoms. The number of hydrogen-bond acceptors (Lipinski definition) is 3. The number of aromatic amines is 1. The van der Waals surface area contributed by atoms with Gasteiger partial charge in [0.25, 0.3) is 5.56 Å². The minimum Gasteiger partial charge on any atom is -0.306 e. The largest absolute Gasteiger partial charge is 0.306 e. The van der Waals surface area contributed by atoms with Crippen LogP contribution >= 0.6 is 22.9 Å². The SMILES string of the molecule is CCCc1cc(=O)[nH]c(-c2cc(Cl)cs2)n1. The van der Waals surface area contributed by atoms with Gasteiger partial charge in [-0.3, -0.25) is 4.79 Å². The second-order valence-corrected chi connectivity index (χ2v) is 4.81. The molecule has 2 aromatic rings. The molecule has 3 nitrogen and oxygen atoms in total. The van der Waals surface area contributed by atoms with E-state index in [1.54, 1.807) is 12.1 Å². The first kappa shape index (κ1) is 11.4. The van der Waals surface area contributed by atoms with E-state index < -0.39 is 0 Å². The van der Waals surface area contributed by atoms with Gasteiger partial charge in [0.15, 0.2) is 5.82 Å². The first-order valence-corrected chi connectivity index (χ1v) is 6.29. The molecule has 0 atom stereocenters. The number of H-pyrrole nitrogens is 1. The van der Waals surface area contributed by atoms with Crippen molar-refractivity contribution in [3.8, 4) is 10.7 Å². The van der Waals surface area contributed by atoms with Crippen LogP contribution in [-0.4, -0.2) is 9.97 Å². The van der Waals surface area contributed by atoms with Crippen LogP contribution in [0.3, 0.4) is 0 Å². The summed E-state index contributed by atoms with van der Waals surface area (Å²) in [5, 5.41) is 2.49. The Balaban J connectivity index is 2.44. The highest BCUT2D eigenvalue weighted by atomic mass is 35.5. The van der Waals surface area contributed by atoms with Gasteiger partial charge < -0.3 is 4.98 Å². The van der Waals surface area contributed by atoms with Gasteiger partial charge in [-0.05, 0) is 12.5 Å². The summed E-state index contributed by atoms with van der Waals surface area (Å²) in [6, 6.07) is 3.35. The Morgan fingerprint density at radius 2 is 2.31 bits per heavy atom. The molecule has 0 aliphatic carbocycles. The third-order valence-electron chi connectivity index (χ3n) is 2.10. The molecule has 2 heterocycles. The Morgan fingerprint density at radius 1 is 1.50 bits per heavy atom. The van der Waals surface area contributed by atoms with Gasteiger partial charge in [0.1, 0.15) is 0 Å². The second-order valence-electron chi connectivity index (χ2n) is 3.46. The predicted octanol–water partition coefficient (Wildman–Crippen LogP) is 3.10. The monoisotopic (exact) mass is 254 g/mol. The zero-order valence-corrected chi connectivity index (χ0v) is 10.4. The molecule has 84 valence electrons. The van der Waals surface area contributed by atoms with E-state index in [-0.39, 0.29) is 5.56 Å². The summed E-state index contributed by atoms with van der Waals surface area (Å²) in [6.07, 6.45) is 1.79. The van der Waals surface area contributed by atoms with E-state index in [2.05, 4.69) is 16.9 Å². The van der Waals surface area contributed by atoms with Crippen molar-refractivity contribution in [3.05, 3.63) is 38.6 Å². The molecule has 1 N–H and O–H groups in total. The van der Waals surface area contributed by atoms with Crippen molar-refractivity contribution in [2.75, 3.05) is 0 Å². The fourth-order valence-electron chi connectivity index (χ4n) is 1.45. The first-order chi connectivity index (χ1) is 7.69. The highest BCUT2D eigenvalue weighted by Crippen LogP contribution is 2.26. The van der Waals surface area contributed by atoms with Gasteiger partial charge in [0.2, 0.25) is 0 Å². The Morgan fingerprint density at radius 3 is 2.94 bits per heavy atom. The second kappa shape index (κ2) is 4.80. The number of rotatable bonds is 3. The van der Waals surface area contributed by atoms with Crippen LogP contribution in [0.15, 0.2) is 22.3 Å². The summed E-state index contributed by atoms with van der Waals surface area (Å²) in [6.45, 7) is 2.06. The number of halogens is 1. The fourth-order valence-corrected chi connectivity index (χ4v) is 2.46. The molecule has 0 fully saturated rings. The summed E-state index contributed by atoms with van der Waals surface area (Å²) in [5.74, 6) is 0.604. The number of thiophene rings is 1. The lowest BCUT2D eigenvalue weighted by molar-refractivity contribution is 0.870. The van der Waals surface area contributed by atoms with E-state index in [0.29, 0.717) is 10.8 Å². The van der Waals surface area contributed by atoms with E-state index in [1.807, 2.05) is 5.38 Å². The van der Waals surface area contributed by atoms with Crippen molar-refractivity contribution in [2.45, 2.75) is 19.8 Å². The van der Waals surface area contributed by atoms with Crippen molar-refractivity contribution in [2.24, 2.45) is 0 Å². The number of aromatic nitrogens is 2. The molecule has 2 rings (SSSR count). The van der Waals surface area contributed by atoms with E-state index >= 15 is 0 Å². The number of nitrogens with zero attached hydrogens (tertiary/aromatic N) is 1. The topological polar surface area (TPSA) is 45.8 Å². The lowest BCUT2D eigenvalue weighted by Crippen LogP contribution is -2.09. The fraction of sp³-hybridized carbons (Fsp3) is 0.273. The van der Waals surface area contributed by atoms with Gasteiger partial charge in [-0.1, -0.05) is 24.9 Å². The number of aryl methyl sites for hydroxylation is 1. The van der Waals surface area contributed by atoms with Gasteiger partial charge in [0, 0.05) is 17.1 Å². The van der Waals surface area contributed by atoms with Crippen molar-refractivity contribution < 1.29 is 0 Å². The molecule has 0 saturated carbocycles. The Labute approximate surface area is 102 Å². The highest BCUT2D eigenvalue weighted by molar-refractivity contribution is 7.14.